The van der Waals surface area contributed by atoms with Gasteiger partial charge in [0.1, 0.15) is 0 Å². The van der Waals surface area contributed by atoms with E-state index in [1.807, 2.05) is 19.1 Å². The number of carbonyl (C=O) groups excluding carboxylic acids is 1. The molecule has 1 saturated heterocycles. The van der Waals surface area contributed by atoms with Gasteiger partial charge >= 0.3 is 0 Å². The van der Waals surface area contributed by atoms with Gasteiger partial charge in [-0.15, -0.1) is 0 Å². The van der Waals surface area contributed by atoms with Gasteiger partial charge in [0.15, 0.2) is 0 Å². The summed E-state index contributed by atoms with van der Waals surface area (Å²) in [5, 5.41) is 2.87. The summed E-state index contributed by atoms with van der Waals surface area (Å²) in [6, 6.07) is 5.49. The molecule has 0 bridgehead atoms. The lowest BCUT2D eigenvalue weighted by atomic mass is 10.0. The molecule has 0 spiro atoms. The number of hydrogen-bond acceptors (Lipinski definition) is 4. The molecule has 21 heavy (non-hydrogen) atoms. The van der Waals surface area contributed by atoms with Crippen LogP contribution in [0.2, 0.25) is 0 Å². The Bertz CT molecular complexity index is 471. The average Bonchev–Trinajstić information content (AvgIpc) is 2.48. The highest BCUT2D eigenvalue weighted by Gasteiger charge is 2.14. The molecule has 0 aromatic heterocycles. The topological polar surface area (TPSA) is 73.6 Å². The average molecular weight is 292 g/mol. The van der Waals surface area contributed by atoms with E-state index in [1.165, 1.54) is 0 Å². The Morgan fingerprint density at radius 2 is 2.19 bits per heavy atom. The molecular formula is C16H24N2O3. The molecule has 3 N–H and O–H groups in total. The number of rotatable bonds is 6. The third kappa shape index (κ3) is 5.36. The second-order valence-electron chi connectivity index (χ2n) is 5.50. The molecule has 116 valence electrons. The number of nitrogens with one attached hydrogen (secondary N) is 1. The molecule has 1 amide bonds. The van der Waals surface area contributed by atoms with Crippen LogP contribution in [-0.4, -0.2) is 32.3 Å². The van der Waals surface area contributed by atoms with Crippen LogP contribution in [0.4, 0.5) is 11.4 Å². The Morgan fingerprint density at radius 1 is 1.43 bits per heavy atom. The van der Waals surface area contributed by atoms with Gasteiger partial charge in [0.2, 0.25) is 5.91 Å². The number of amides is 1. The lowest BCUT2D eigenvalue weighted by Gasteiger charge is -2.21. The highest BCUT2D eigenvalue weighted by Crippen LogP contribution is 2.18. The minimum atomic E-state index is -0.0457. The van der Waals surface area contributed by atoms with Crippen molar-refractivity contribution in [2.24, 2.45) is 5.92 Å². The molecule has 1 aliphatic rings. The molecule has 1 heterocycles. The third-order valence-corrected chi connectivity index (χ3v) is 3.70. The normalized spacial score (nSPS) is 15.9. The van der Waals surface area contributed by atoms with Gasteiger partial charge < -0.3 is 20.5 Å². The van der Waals surface area contributed by atoms with Crippen molar-refractivity contribution in [3.63, 3.8) is 0 Å². The van der Waals surface area contributed by atoms with E-state index < -0.39 is 0 Å². The molecule has 1 aromatic carbocycles. The third-order valence-electron chi connectivity index (χ3n) is 3.70. The number of hydrogen-bond donors (Lipinski definition) is 2. The lowest BCUT2D eigenvalue weighted by Crippen LogP contribution is -2.21. The van der Waals surface area contributed by atoms with E-state index in [4.69, 9.17) is 15.2 Å². The number of nitrogens with two attached hydrogens (primary N) is 1. The van der Waals surface area contributed by atoms with Gasteiger partial charge in [-0.3, -0.25) is 4.79 Å². The molecule has 0 saturated carbocycles. The molecule has 5 heteroatoms. The maximum atomic E-state index is 11.9. The minimum Gasteiger partial charge on any atom is -0.399 e. The minimum absolute atomic E-state index is 0.0457. The predicted molar refractivity (Wildman–Crippen MR) is 83.2 cm³/mol. The number of anilines is 2. The fourth-order valence-electron chi connectivity index (χ4n) is 2.31. The van der Waals surface area contributed by atoms with Gasteiger partial charge in [0.25, 0.3) is 0 Å². The first-order chi connectivity index (χ1) is 10.1. The maximum absolute atomic E-state index is 11.9. The maximum Gasteiger partial charge on any atom is 0.226 e. The Morgan fingerprint density at radius 3 is 2.95 bits per heavy atom. The molecule has 0 aliphatic carbocycles. The van der Waals surface area contributed by atoms with Crippen LogP contribution in [0.5, 0.6) is 0 Å². The summed E-state index contributed by atoms with van der Waals surface area (Å²) >= 11 is 0. The fourth-order valence-corrected chi connectivity index (χ4v) is 2.31. The monoisotopic (exact) mass is 292 g/mol. The Labute approximate surface area is 125 Å². The van der Waals surface area contributed by atoms with Crippen molar-refractivity contribution >= 4 is 17.3 Å². The fraction of sp³-hybridized carbons (Fsp3) is 0.562. The molecule has 5 nitrogen and oxygen atoms in total. The zero-order valence-electron chi connectivity index (χ0n) is 12.6. The van der Waals surface area contributed by atoms with Crippen LogP contribution in [0, 0.1) is 12.8 Å². The van der Waals surface area contributed by atoms with Gasteiger partial charge in [-0.1, -0.05) is 6.07 Å². The summed E-state index contributed by atoms with van der Waals surface area (Å²) in [6.45, 7) is 4.75. The predicted octanol–water partition coefficient (Wildman–Crippen LogP) is 2.35. The molecule has 0 atom stereocenters. The quantitative estimate of drug-likeness (QED) is 0.623. The van der Waals surface area contributed by atoms with Gasteiger partial charge in [-0.05, 0) is 43.4 Å². The summed E-state index contributed by atoms with van der Waals surface area (Å²) in [4.78, 5) is 11.9. The van der Waals surface area contributed by atoms with Crippen molar-refractivity contribution in [1.82, 2.24) is 0 Å². The van der Waals surface area contributed by atoms with Crippen LogP contribution in [0.3, 0.4) is 0 Å². The zero-order chi connectivity index (χ0) is 15.1. The smallest absolute Gasteiger partial charge is 0.226 e. The second-order valence-corrected chi connectivity index (χ2v) is 5.50. The Balaban J connectivity index is 1.66. The van der Waals surface area contributed by atoms with E-state index in [-0.39, 0.29) is 5.91 Å². The van der Waals surface area contributed by atoms with Crippen LogP contribution in [0.15, 0.2) is 18.2 Å². The van der Waals surface area contributed by atoms with Crippen LogP contribution < -0.4 is 11.1 Å². The number of nitrogen functional groups attached to an aromatic ring is 1. The van der Waals surface area contributed by atoms with E-state index >= 15 is 0 Å². The molecule has 1 fully saturated rings. The Hall–Kier alpha value is -1.59. The highest BCUT2D eigenvalue weighted by molar-refractivity contribution is 5.92. The van der Waals surface area contributed by atoms with E-state index in [0.717, 1.165) is 37.3 Å². The Kier molecular flexibility index (Phi) is 6.02. The molecule has 0 radical (unpaired) electrons. The van der Waals surface area contributed by atoms with Crippen molar-refractivity contribution in [2.45, 2.75) is 26.2 Å². The van der Waals surface area contributed by atoms with Gasteiger partial charge in [0.05, 0.1) is 13.0 Å². The van der Waals surface area contributed by atoms with Crippen LogP contribution in [0.1, 0.15) is 24.8 Å². The number of benzene rings is 1. The first-order valence-corrected chi connectivity index (χ1v) is 7.46. The van der Waals surface area contributed by atoms with Crippen molar-refractivity contribution in [2.75, 3.05) is 37.5 Å². The lowest BCUT2D eigenvalue weighted by molar-refractivity contribution is -0.117. The first kappa shape index (κ1) is 15.8. The van der Waals surface area contributed by atoms with E-state index in [9.17, 15) is 4.79 Å². The van der Waals surface area contributed by atoms with Crippen molar-refractivity contribution in [1.29, 1.82) is 0 Å². The summed E-state index contributed by atoms with van der Waals surface area (Å²) in [5.74, 6) is 0.522. The summed E-state index contributed by atoms with van der Waals surface area (Å²) in [6.07, 6.45) is 2.46. The van der Waals surface area contributed by atoms with Crippen molar-refractivity contribution in [3.8, 4) is 0 Å². The summed E-state index contributed by atoms with van der Waals surface area (Å²) in [7, 11) is 0. The van der Waals surface area contributed by atoms with Crippen LogP contribution in [-0.2, 0) is 14.3 Å². The van der Waals surface area contributed by atoms with Gasteiger partial charge in [0, 0.05) is 31.2 Å². The SMILES string of the molecule is Cc1ccc(N)cc1NC(=O)CCOCC1CCOCC1. The van der Waals surface area contributed by atoms with E-state index in [0.29, 0.717) is 31.2 Å². The zero-order valence-corrected chi connectivity index (χ0v) is 12.6. The number of ether oxygens (including phenoxy) is 2. The van der Waals surface area contributed by atoms with Gasteiger partial charge in [-0.2, -0.15) is 0 Å². The number of aryl methyl sites for hydroxylation is 1. The second kappa shape index (κ2) is 8.00. The first-order valence-electron chi connectivity index (χ1n) is 7.46. The van der Waals surface area contributed by atoms with Crippen molar-refractivity contribution in [3.05, 3.63) is 23.8 Å². The molecular weight excluding hydrogens is 268 g/mol. The number of carbonyl (C=O) groups is 1. The molecule has 0 unspecified atom stereocenters. The van der Waals surface area contributed by atoms with Crippen molar-refractivity contribution < 1.29 is 14.3 Å². The van der Waals surface area contributed by atoms with E-state index in [2.05, 4.69) is 5.32 Å². The standard InChI is InChI=1S/C16H24N2O3/c1-12-2-3-14(17)10-15(12)18-16(19)6-9-21-11-13-4-7-20-8-5-13/h2-3,10,13H,4-9,11,17H2,1H3,(H,18,19). The van der Waals surface area contributed by atoms with Crippen LogP contribution in [0.25, 0.3) is 0 Å². The highest BCUT2D eigenvalue weighted by atomic mass is 16.5. The summed E-state index contributed by atoms with van der Waals surface area (Å²) < 4.78 is 10.9. The van der Waals surface area contributed by atoms with Gasteiger partial charge in [-0.25, -0.2) is 0 Å². The van der Waals surface area contributed by atoms with E-state index in [1.54, 1.807) is 6.07 Å². The molecule has 1 aliphatic heterocycles. The van der Waals surface area contributed by atoms with Crippen LogP contribution >= 0.6 is 0 Å². The largest absolute Gasteiger partial charge is 0.399 e. The molecule has 2 rings (SSSR count). The summed E-state index contributed by atoms with van der Waals surface area (Å²) in [5.41, 5.74) is 8.13. The molecule has 1 aromatic rings.